The van der Waals surface area contributed by atoms with Crippen LogP contribution < -0.4 is 5.32 Å². The Bertz CT molecular complexity index is 567. The van der Waals surface area contributed by atoms with Crippen molar-refractivity contribution in [3.05, 3.63) is 64.1 Å². The summed E-state index contributed by atoms with van der Waals surface area (Å²) in [6.45, 7) is 0. The number of halogens is 1. The Hall–Kier alpha value is -1.81. The van der Waals surface area contributed by atoms with Gasteiger partial charge in [-0.2, -0.15) is 0 Å². The summed E-state index contributed by atoms with van der Waals surface area (Å²) < 4.78 is 0.939. The predicted molar refractivity (Wildman–Crippen MR) is 77.6 cm³/mol. The van der Waals surface area contributed by atoms with Gasteiger partial charge in [-0.3, -0.25) is 0 Å². The summed E-state index contributed by atoms with van der Waals surface area (Å²) in [7, 11) is 1.84. The van der Waals surface area contributed by atoms with Crippen LogP contribution >= 0.6 is 15.9 Å². The Morgan fingerprint density at radius 3 is 2.50 bits per heavy atom. The molecule has 2 rings (SSSR count). The number of oxime groups is 1. The summed E-state index contributed by atoms with van der Waals surface area (Å²) in [6, 6.07) is 15.4. The van der Waals surface area contributed by atoms with Gasteiger partial charge in [0, 0.05) is 28.3 Å². The van der Waals surface area contributed by atoms with Gasteiger partial charge >= 0.3 is 0 Å². The van der Waals surface area contributed by atoms with Gasteiger partial charge in [0.25, 0.3) is 0 Å². The Morgan fingerprint density at radius 1 is 1.17 bits per heavy atom. The third kappa shape index (κ3) is 2.54. The first-order valence-electron chi connectivity index (χ1n) is 5.51. The van der Waals surface area contributed by atoms with Crippen LogP contribution in [0.1, 0.15) is 11.1 Å². The van der Waals surface area contributed by atoms with Crippen LogP contribution in [-0.4, -0.2) is 18.0 Å². The van der Waals surface area contributed by atoms with Crippen molar-refractivity contribution in [2.75, 3.05) is 12.4 Å². The molecular weight excluding hydrogens is 292 g/mol. The van der Waals surface area contributed by atoms with Crippen LogP contribution in [0.3, 0.4) is 0 Å². The quantitative estimate of drug-likeness (QED) is 0.516. The van der Waals surface area contributed by atoms with Crippen molar-refractivity contribution in [1.29, 1.82) is 0 Å². The monoisotopic (exact) mass is 304 g/mol. The van der Waals surface area contributed by atoms with Gasteiger partial charge in [-0.05, 0) is 18.2 Å². The summed E-state index contributed by atoms with van der Waals surface area (Å²) in [5.41, 5.74) is 3.17. The van der Waals surface area contributed by atoms with Crippen LogP contribution in [0.2, 0.25) is 0 Å². The van der Waals surface area contributed by atoms with E-state index in [2.05, 4.69) is 26.4 Å². The molecule has 0 aliphatic carbocycles. The molecule has 92 valence electrons. The molecule has 4 heteroatoms. The number of hydrogen-bond acceptors (Lipinski definition) is 3. The maximum atomic E-state index is 9.29. The van der Waals surface area contributed by atoms with Gasteiger partial charge in [0.1, 0.15) is 5.71 Å². The second-order valence-electron chi connectivity index (χ2n) is 3.75. The molecule has 0 saturated carbocycles. The topological polar surface area (TPSA) is 44.6 Å². The Morgan fingerprint density at radius 2 is 1.89 bits per heavy atom. The molecule has 3 nitrogen and oxygen atoms in total. The first-order valence-corrected chi connectivity index (χ1v) is 6.30. The highest BCUT2D eigenvalue weighted by atomic mass is 79.9. The van der Waals surface area contributed by atoms with E-state index in [1.54, 1.807) is 0 Å². The van der Waals surface area contributed by atoms with Gasteiger partial charge < -0.3 is 10.5 Å². The van der Waals surface area contributed by atoms with E-state index < -0.39 is 0 Å². The molecule has 2 aromatic carbocycles. The second-order valence-corrected chi connectivity index (χ2v) is 4.67. The van der Waals surface area contributed by atoms with Crippen molar-refractivity contribution in [2.24, 2.45) is 5.16 Å². The fourth-order valence-electron chi connectivity index (χ4n) is 1.79. The average molecular weight is 305 g/mol. The standard InChI is InChI=1S/C14H13BrN2O/c1-16-13-8-7-11(15)9-12(13)14(17-18)10-5-3-2-4-6-10/h2-9,16,18H,1H3/b17-14+. The summed E-state index contributed by atoms with van der Waals surface area (Å²) in [5.74, 6) is 0. The van der Waals surface area contributed by atoms with Crippen molar-refractivity contribution in [3.8, 4) is 0 Å². The fourth-order valence-corrected chi connectivity index (χ4v) is 2.15. The molecule has 0 saturated heterocycles. The zero-order valence-electron chi connectivity index (χ0n) is 9.89. The molecular formula is C14H13BrN2O. The van der Waals surface area contributed by atoms with Gasteiger partial charge in [-0.15, -0.1) is 0 Å². The lowest BCUT2D eigenvalue weighted by Gasteiger charge is -2.11. The molecule has 2 aromatic rings. The zero-order chi connectivity index (χ0) is 13.0. The smallest absolute Gasteiger partial charge is 0.119 e. The molecule has 0 unspecified atom stereocenters. The van der Waals surface area contributed by atoms with Crippen molar-refractivity contribution >= 4 is 27.3 Å². The van der Waals surface area contributed by atoms with Gasteiger partial charge in [0.05, 0.1) is 0 Å². The highest BCUT2D eigenvalue weighted by Crippen LogP contribution is 2.24. The summed E-state index contributed by atoms with van der Waals surface area (Å²) in [5, 5.41) is 15.8. The maximum absolute atomic E-state index is 9.29. The van der Waals surface area contributed by atoms with Crippen LogP contribution in [0.25, 0.3) is 0 Å². The van der Waals surface area contributed by atoms with Crippen LogP contribution in [-0.2, 0) is 0 Å². The first kappa shape index (κ1) is 12.6. The Kier molecular flexibility index (Phi) is 3.99. The largest absolute Gasteiger partial charge is 0.410 e. The number of anilines is 1. The molecule has 0 aliphatic rings. The minimum Gasteiger partial charge on any atom is -0.410 e. The van der Waals surface area contributed by atoms with E-state index in [9.17, 15) is 5.21 Å². The lowest BCUT2D eigenvalue weighted by molar-refractivity contribution is 0.319. The Balaban J connectivity index is 2.56. The third-order valence-corrected chi connectivity index (χ3v) is 3.15. The fraction of sp³-hybridized carbons (Fsp3) is 0.0714. The van der Waals surface area contributed by atoms with E-state index in [-0.39, 0.29) is 0 Å². The van der Waals surface area contributed by atoms with Crippen LogP contribution in [0, 0.1) is 0 Å². The van der Waals surface area contributed by atoms with Crippen molar-refractivity contribution < 1.29 is 5.21 Å². The van der Waals surface area contributed by atoms with E-state index >= 15 is 0 Å². The summed E-state index contributed by atoms with van der Waals surface area (Å²) in [4.78, 5) is 0. The summed E-state index contributed by atoms with van der Waals surface area (Å²) in [6.07, 6.45) is 0. The molecule has 0 radical (unpaired) electrons. The van der Waals surface area contributed by atoms with E-state index in [4.69, 9.17) is 0 Å². The molecule has 0 amide bonds. The molecule has 0 fully saturated rings. The number of nitrogens with one attached hydrogen (secondary N) is 1. The third-order valence-electron chi connectivity index (χ3n) is 2.65. The van der Waals surface area contributed by atoms with E-state index in [0.29, 0.717) is 5.71 Å². The molecule has 0 atom stereocenters. The molecule has 0 aromatic heterocycles. The van der Waals surface area contributed by atoms with Gasteiger partial charge in [-0.1, -0.05) is 51.4 Å². The molecule has 0 aliphatic heterocycles. The number of rotatable bonds is 3. The predicted octanol–water partition coefficient (Wildman–Crippen LogP) is 3.72. The second kappa shape index (κ2) is 5.69. The molecule has 0 spiro atoms. The van der Waals surface area contributed by atoms with Crippen LogP contribution in [0.15, 0.2) is 58.2 Å². The van der Waals surface area contributed by atoms with Crippen molar-refractivity contribution in [1.82, 2.24) is 0 Å². The number of hydrogen-bond donors (Lipinski definition) is 2. The van der Waals surface area contributed by atoms with Crippen molar-refractivity contribution in [3.63, 3.8) is 0 Å². The maximum Gasteiger partial charge on any atom is 0.119 e. The first-order chi connectivity index (χ1) is 8.76. The molecule has 0 bridgehead atoms. The van der Waals surface area contributed by atoms with Crippen LogP contribution in [0.5, 0.6) is 0 Å². The summed E-state index contributed by atoms with van der Waals surface area (Å²) >= 11 is 3.43. The normalized spacial score (nSPS) is 11.3. The zero-order valence-corrected chi connectivity index (χ0v) is 11.5. The Labute approximate surface area is 114 Å². The minimum absolute atomic E-state index is 0.543. The van der Waals surface area contributed by atoms with Crippen molar-refractivity contribution in [2.45, 2.75) is 0 Å². The van der Waals surface area contributed by atoms with Gasteiger partial charge in [0.2, 0.25) is 0 Å². The average Bonchev–Trinajstić information content (AvgIpc) is 2.41. The van der Waals surface area contributed by atoms with E-state index in [1.165, 1.54) is 0 Å². The van der Waals surface area contributed by atoms with Gasteiger partial charge in [0.15, 0.2) is 0 Å². The minimum atomic E-state index is 0.543. The lowest BCUT2D eigenvalue weighted by Crippen LogP contribution is -2.07. The molecule has 18 heavy (non-hydrogen) atoms. The highest BCUT2D eigenvalue weighted by molar-refractivity contribution is 9.10. The van der Waals surface area contributed by atoms with E-state index in [0.717, 1.165) is 21.3 Å². The number of nitrogens with zero attached hydrogens (tertiary/aromatic N) is 1. The van der Waals surface area contributed by atoms with Crippen LogP contribution in [0.4, 0.5) is 5.69 Å². The van der Waals surface area contributed by atoms with Gasteiger partial charge in [-0.25, -0.2) is 0 Å². The molecule has 2 N–H and O–H groups in total. The van der Waals surface area contributed by atoms with E-state index in [1.807, 2.05) is 55.6 Å². The SMILES string of the molecule is CNc1ccc(Br)cc1/C(=N/O)c1ccccc1. The number of benzene rings is 2. The molecule has 0 heterocycles. The highest BCUT2D eigenvalue weighted by Gasteiger charge is 2.12. The lowest BCUT2D eigenvalue weighted by atomic mass is 10.0.